The first-order valence-electron chi connectivity index (χ1n) is 5.67. The van der Waals surface area contributed by atoms with Crippen LogP contribution in [-0.4, -0.2) is 25.1 Å². The largest absolute Gasteiger partial charge is 0.356 e. The number of nitrogens with one attached hydrogen (secondary N) is 1. The molecule has 16 heavy (non-hydrogen) atoms. The number of nitrogens with zero attached hydrogens (tertiary/aromatic N) is 2. The summed E-state index contributed by atoms with van der Waals surface area (Å²) in [6, 6.07) is 4.24. The number of rotatable bonds is 6. The first-order chi connectivity index (χ1) is 7.67. The highest BCUT2D eigenvalue weighted by atomic mass is 15.2. The van der Waals surface area contributed by atoms with E-state index in [1.165, 1.54) is 5.56 Å². The van der Waals surface area contributed by atoms with Gasteiger partial charge in [0.2, 0.25) is 0 Å². The van der Waals surface area contributed by atoms with Crippen LogP contribution in [0.2, 0.25) is 0 Å². The second-order valence-electron chi connectivity index (χ2n) is 3.92. The molecule has 0 spiro atoms. The lowest BCUT2D eigenvalue weighted by atomic mass is 10.2. The van der Waals surface area contributed by atoms with Gasteiger partial charge in [0, 0.05) is 25.8 Å². The summed E-state index contributed by atoms with van der Waals surface area (Å²) >= 11 is 0. The molecule has 1 aromatic rings. The Morgan fingerprint density at radius 3 is 2.88 bits per heavy atom. The van der Waals surface area contributed by atoms with Crippen LogP contribution < -0.4 is 10.2 Å². The fraction of sp³-hybridized carbons (Fsp3) is 0.462. The molecule has 0 unspecified atom stereocenters. The molecule has 1 aromatic heterocycles. The second-order valence-corrected chi connectivity index (χ2v) is 3.92. The zero-order valence-electron chi connectivity index (χ0n) is 10.5. The minimum Gasteiger partial charge on any atom is -0.356 e. The van der Waals surface area contributed by atoms with Crippen molar-refractivity contribution in [2.75, 3.05) is 25.0 Å². The zero-order valence-corrected chi connectivity index (χ0v) is 10.5. The monoisotopic (exact) mass is 219 g/mol. The first-order valence-corrected chi connectivity index (χ1v) is 5.67. The Morgan fingerprint density at radius 1 is 1.50 bits per heavy atom. The summed E-state index contributed by atoms with van der Waals surface area (Å²) in [5.41, 5.74) is 2.33. The molecule has 3 nitrogen and oxygen atoms in total. The number of aromatic nitrogens is 1. The number of anilines is 1. The summed E-state index contributed by atoms with van der Waals surface area (Å²) in [6.45, 7) is 10.6. The van der Waals surface area contributed by atoms with E-state index in [1.54, 1.807) is 0 Å². The van der Waals surface area contributed by atoms with Gasteiger partial charge in [-0.3, -0.25) is 0 Å². The van der Waals surface area contributed by atoms with E-state index in [1.807, 2.05) is 20.0 Å². The Balaban J connectivity index is 2.84. The Hall–Kier alpha value is -1.35. The Labute approximate surface area is 98.2 Å². The van der Waals surface area contributed by atoms with Crippen LogP contribution in [0.3, 0.4) is 0 Å². The van der Waals surface area contributed by atoms with Crippen molar-refractivity contribution in [2.45, 2.75) is 20.4 Å². The molecule has 0 saturated carbocycles. The molecule has 1 heterocycles. The predicted octanol–water partition coefficient (Wildman–Crippen LogP) is 2.12. The van der Waals surface area contributed by atoms with Crippen LogP contribution in [0.15, 0.2) is 24.8 Å². The molecular weight excluding hydrogens is 198 g/mol. The van der Waals surface area contributed by atoms with E-state index in [9.17, 15) is 0 Å². The molecule has 0 saturated heterocycles. The molecule has 1 rings (SSSR count). The highest BCUT2D eigenvalue weighted by Crippen LogP contribution is 2.13. The molecule has 3 heteroatoms. The normalized spacial score (nSPS) is 10.2. The van der Waals surface area contributed by atoms with E-state index in [-0.39, 0.29) is 0 Å². The third-order valence-electron chi connectivity index (χ3n) is 2.37. The zero-order chi connectivity index (χ0) is 12.0. The number of pyridine rings is 1. The summed E-state index contributed by atoms with van der Waals surface area (Å²) < 4.78 is 0. The van der Waals surface area contributed by atoms with Gasteiger partial charge < -0.3 is 10.2 Å². The lowest BCUT2D eigenvalue weighted by Gasteiger charge is -2.17. The molecule has 0 aromatic carbocycles. The summed E-state index contributed by atoms with van der Waals surface area (Å²) in [4.78, 5) is 6.60. The molecule has 0 amide bonds. The van der Waals surface area contributed by atoms with E-state index in [0.717, 1.165) is 31.1 Å². The van der Waals surface area contributed by atoms with Crippen LogP contribution in [0.5, 0.6) is 0 Å². The first kappa shape index (κ1) is 12.7. The third kappa shape index (κ3) is 3.66. The maximum atomic E-state index is 4.51. The van der Waals surface area contributed by atoms with E-state index < -0.39 is 0 Å². The highest BCUT2D eigenvalue weighted by molar-refractivity contribution is 5.42. The number of likely N-dealkylation sites (N-methyl/N-ethyl adjacent to an activating group) is 1. The molecule has 0 radical (unpaired) electrons. The van der Waals surface area contributed by atoms with Crippen molar-refractivity contribution in [1.82, 2.24) is 10.3 Å². The molecule has 1 N–H and O–H groups in total. The lowest BCUT2D eigenvalue weighted by Crippen LogP contribution is -2.19. The van der Waals surface area contributed by atoms with Gasteiger partial charge in [-0.25, -0.2) is 4.98 Å². The van der Waals surface area contributed by atoms with E-state index in [0.29, 0.717) is 0 Å². The summed E-state index contributed by atoms with van der Waals surface area (Å²) in [7, 11) is 2.03. The van der Waals surface area contributed by atoms with E-state index >= 15 is 0 Å². The molecule has 88 valence electrons. The fourth-order valence-electron chi connectivity index (χ4n) is 1.58. The maximum Gasteiger partial charge on any atom is 0.129 e. The van der Waals surface area contributed by atoms with Gasteiger partial charge in [-0.1, -0.05) is 13.0 Å². The van der Waals surface area contributed by atoms with Crippen molar-refractivity contribution in [3.05, 3.63) is 36.0 Å². The number of aryl methyl sites for hydroxylation is 1. The maximum absolute atomic E-state index is 4.51. The number of hydrogen-bond acceptors (Lipinski definition) is 3. The van der Waals surface area contributed by atoms with Crippen LogP contribution in [0.25, 0.3) is 0 Å². The van der Waals surface area contributed by atoms with Crippen LogP contribution >= 0.6 is 0 Å². The van der Waals surface area contributed by atoms with Crippen molar-refractivity contribution >= 4 is 5.82 Å². The Morgan fingerprint density at radius 2 is 2.25 bits per heavy atom. The molecule has 0 aliphatic rings. The van der Waals surface area contributed by atoms with Crippen LogP contribution in [0.4, 0.5) is 5.82 Å². The smallest absolute Gasteiger partial charge is 0.129 e. The van der Waals surface area contributed by atoms with Crippen molar-refractivity contribution in [3.63, 3.8) is 0 Å². The summed E-state index contributed by atoms with van der Waals surface area (Å²) in [5, 5.41) is 3.32. The van der Waals surface area contributed by atoms with Crippen LogP contribution in [-0.2, 0) is 6.54 Å². The molecule has 0 atom stereocenters. The average molecular weight is 219 g/mol. The topological polar surface area (TPSA) is 28.2 Å². The quantitative estimate of drug-likeness (QED) is 0.743. The standard InChI is InChI=1S/C13H21N3/c1-5-7-16(4)13-9-12(10-14-6-2)8-11(3)15-13/h5,8-9,14H,1,6-7,10H2,2-4H3. The Bertz CT molecular complexity index is 347. The van der Waals surface area contributed by atoms with Crippen molar-refractivity contribution in [3.8, 4) is 0 Å². The van der Waals surface area contributed by atoms with E-state index in [2.05, 4.69) is 40.8 Å². The van der Waals surface area contributed by atoms with Crippen LogP contribution in [0.1, 0.15) is 18.2 Å². The third-order valence-corrected chi connectivity index (χ3v) is 2.37. The highest BCUT2D eigenvalue weighted by Gasteiger charge is 2.03. The van der Waals surface area contributed by atoms with Gasteiger partial charge in [-0.05, 0) is 31.2 Å². The van der Waals surface area contributed by atoms with Crippen LogP contribution in [0, 0.1) is 6.92 Å². The summed E-state index contributed by atoms with van der Waals surface area (Å²) in [5.74, 6) is 1.01. The van der Waals surface area contributed by atoms with Crippen molar-refractivity contribution < 1.29 is 0 Å². The molecule has 0 aliphatic carbocycles. The minimum atomic E-state index is 0.817. The lowest BCUT2D eigenvalue weighted by molar-refractivity contribution is 0.724. The van der Waals surface area contributed by atoms with Gasteiger partial charge in [0.1, 0.15) is 5.82 Å². The van der Waals surface area contributed by atoms with E-state index in [4.69, 9.17) is 0 Å². The fourth-order valence-corrected chi connectivity index (χ4v) is 1.58. The minimum absolute atomic E-state index is 0.817. The van der Waals surface area contributed by atoms with Gasteiger partial charge >= 0.3 is 0 Å². The Kier molecular flexibility index (Phi) is 4.99. The molecule has 0 bridgehead atoms. The molecule has 0 aliphatic heterocycles. The predicted molar refractivity (Wildman–Crippen MR) is 69.8 cm³/mol. The van der Waals surface area contributed by atoms with Gasteiger partial charge in [-0.2, -0.15) is 0 Å². The van der Waals surface area contributed by atoms with Crippen molar-refractivity contribution in [2.24, 2.45) is 0 Å². The molecular formula is C13H21N3. The SMILES string of the molecule is C=CCN(C)c1cc(CNCC)cc(C)n1. The average Bonchev–Trinajstić information content (AvgIpc) is 2.26. The van der Waals surface area contributed by atoms with Gasteiger partial charge in [0.25, 0.3) is 0 Å². The van der Waals surface area contributed by atoms with Gasteiger partial charge in [0.05, 0.1) is 0 Å². The van der Waals surface area contributed by atoms with Gasteiger partial charge in [0.15, 0.2) is 0 Å². The summed E-state index contributed by atoms with van der Waals surface area (Å²) in [6.07, 6.45) is 1.88. The molecule has 0 fully saturated rings. The number of hydrogen-bond donors (Lipinski definition) is 1. The second kappa shape index (κ2) is 6.28. The van der Waals surface area contributed by atoms with Gasteiger partial charge in [-0.15, -0.1) is 6.58 Å². The van der Waals surface area contributed by atoms with Crippen molar-refractivity contribution in [1.29, 1.82) is 0 Å².